The maximum Gasteiger partial charge on any atom is 0.207 e. The van der Waals surface area contributed by atoms with E-state index >= 15 is 0 Å². The summed E-state index contributed by atoms with van der Waals surface area (Å²) in [6, 6.07) is 1.72. The Labute approximate surface area is 57.0 Å². The standard InChI is InChI=1S/C6H7N3O/c7-4-1-6-9(2-4)5(8)3-10-6/h1-3H,7-8H2. The molecule has 4 heteroatoms. The molecule has 0 aliphatic carbocycles. The fourth-order valence-corrected chi connectivity index (χ4v) is 0.932. The van der Waals surface area contributed by atoms with Gasteiger partial charge in [-0.3, -0.25) is 4.40 Å². The second-order valence-electron chi connectivity index (χ2n) is 2.14. The molecule has 0 saturated heterocycles. The van der Waals surface area contributed by atoms with E-state index in [9.17, 15) is 0 Å². The summed E-state index contributed by atoms with van der Waals surface area (Å²) >= 11 is 0. The first-order chi connectivity index (χ1) is 4.77. The van der Waals surface area contributed by atoms with Crippen LogP contribution in [0.4, 0.5) is 11.5 Å². The lowest BCUT2D eigenvalue weighted by Gasteiger charge is -1.82. The van der Waals surface area contributed by atoms with Crippen molar-refractivity contribution in [3.8, 4) is 0 Å². The minimum absolute atomic E-state index is 0.562. The van der Waals surface area contributed by atoms with Gasteiger partial charge >= 0.3 is 0 Å². The zero-order valence-corrected chi connectivity index (χ0v) is 5.24. The van der Waals surface area contributed by atoms with E-state index in [1.165, 1.54) is 6.26 Å². The Hall–Kier alpha value is -1.58. The van der Waals surface area contributed by atoms with Crippen molar-refractivity contribution in [3.63, 3.8) is 0 Å². The normalized spacial score (nSPS) is 10.8. The molecule has 4 N–H and O–H groups in total. The van der Waals surface area contributed by atoms with Crippen LogP contribution in [0.5, 0.6) is 0 Å². The zero-order chi connectivity index (χ0) is 7.14. The highest BCUT2D eigenvalue weighted by molar-refractivity contribution is 5.55. The highest BCUT2D eigenvalue weighted by Gasteiger charge is 2.01. The quantitative estimate of drug-likeness (QED) is 0.561. The van der Waals surface area contributed by atoms with Crippen molar-refractivity contribution in [1.82, 2.24) is 4.40 Å². The molecule has 0 fully saturated rings. The monoisotopic (exact) mass is 137 g/mol. The third-order valence-electron chi connectivity index (χ3n) is 1.38. The van der Waals surface area contributed by atoms with Gasteiger partial charge in [0, 0.05) is 12.3 Å². The largest absolute Gasteiger partial charge is 0.444 e. The number of aromatic nitrogens is 1. The van der Waals surface area contributed by atoms with Crippen molar-refractivity contribution in [2.75, 3.05) is 11.5 Å². The molecule has 2 aromatic heterocycles. The number of hydrogen-bond donors (Lipinski definition) is 2. The fraction of sp³-hybridized carbons (Fsp3) is 0. The van der Waals surface area contributed by atoms with Crippen LogP contribution in [0.3, 0.4) is 0 Å². The van der Waals surface area contributed by atoms with Gasteiger partial charge in [-0.25, -0.2) is 0 Å². The highest BCUT2D eigenvalue weighted by atomic mass is 16.3. The molecule has 10 heavy (non-hydrogen) atoms. The summed E-state index contributed by atoms with van der Waals surface area (Å²) in [7, 11) is 0. The molecule has 0 spiro atoms. The number of rotatable bonds is 0. The van der Waals surface area contributed by atoms with Gasteiger partial charge in [-0.15, -0.1) is 0 Å². The van der Waals surface area contributed by atoms with Crippen LogP contribution in [0.2, 0.25) is 0 Å². The summed E-state index contributed by atoms with van der Waals surface area (Å²) in [5, 5.41) is 0. The van der Waals surface area contributed by atoms with Gasteiger partial charge in [-0.2, -0.15) is 0 Å². The first-order valence-corrected chi connectivity index (χ1v) is 2.88. The minimum Gasteiger partial charge on any atom is -0.444 e. The van der Waals surface area contributed by atoms with Crippen LogP contribution in [0.1, 0.15) is 0 Å². The van der Waals surface area contributed by atoms with Crippen molar-refractivity contribution in [2.24, 2.45) is 0 Å². The molecule has 4 nitrogen and oxygen atoms in total. The van der Waals surface area contributed by atoms with Crippen molar-refractivity contribution < 1.29 is 4.42 Å². The predicted octanol–water partition coefficient (Wildman–Crippen LogP) is 0.697. The van der Waals surface area contributed by atoms with E-state index in [-0.39, 0.29) is 0 Å². The summed E-state index contributed by atoms with van der Waals surface area (Å²) in [5.74, 6) is 0.562. The second-order valence-corrected chi connectivity index (χ2v) is 2.14. The molecule has 2 heterocycles. The smallest absolute Gasteiger partial charge is 0.207 e. The summed E-state index contributed by atoms with van der Waals surface area (Å²) in [6.07, 6.45) is 3.20. The lowest BCUT2D eigenvalue weighted by atomic mass is 10.6. The first kappa shape index (κ1) is 5.22. The van der Waals surface area contributed by atoms with Crippen molar-refractivity contribution in [2.45, 2.75) is 0 Å². The molecule has 0 atom stereocenters. The van der Waals surface area contributed by atoms with E-state index in [0.29, 0.717) is 17.2 Å². The molecule has 0 aromatic carbocycles. The summed E-state index contributed by atoms with van der Waals surface area (Å²) in [4.78, 5) is 0. The summed E-state index contributed by atoms with van der Waals surface area (Å²) < 4.78 is 6.72. The lowest BCUT2D eigenvalue weighted by molar-refractivity contribution is 0.609. The van der Waals surface area contributed by atoms with Gasteiger partial charge in [0.25, 0.3) is 0 Å². The average Bonchev–Trinajstić information content (AvgIpc) is 2.35. The van der Waals surface area contributed by atoms with E-state index in [4.69, 9.17) is 15.9 Å². The molecule has 0 aliphatic rings. The van der Waals surface area contributed by atoms with Crippen molar-refractivity contribution in [1.29, 1.82) is 0 Å². The van der Waals surface area contributed by atoms with Gasteiger partial charge in [-0.1, -0.05) is 0 Å². The van der Waals surface area contributed by atoms with E-state index in [0.717, 1.165) is 0 Å². The molecule has 0 bridgehead atoms. The topological polar surface area (TPSA) is 69.6 Å². The van der Waals surface area contributed by atoms with Gasteiger partial charge in [-0.05, 0) is 0 Å². The number of nitrogens with zero attached hydrogens (tertiary/aromatic N) is 1. The minimum atomic E-state index is 0.562. The summed E-state index contributed by atoms with van der Waals surface area (Å²) in [5.41, 5.74) is 12.3. The predicted molar refractivity (Wildman–Crippen MR) is 38.5 cm³/mol. The number of hydrogen-bond acceptors (Lipinski definition) is 3. The number of fused-ring (bicyclic) bond motifs is 1. The van der Waals surface area contributed by atoms with E-state index < -0.39 is 0 Å². The van der Waals surface area contributed by atoms with E-state index in [1.807, 2.05) is 0 Å². The van der Waals surface area contributed by atoms with E-state index in [2.05, 4.69) is 0 Å². The second kappa shape index (κ2) is 1.47. The first-order valence-electron chi connectivity index (χ1n) is 2.88. The number of oxazole rings is 1. The molecule has 0 saturated carbocycles. The van der Waals surface area contributed by atoms with Crippen LogP contribution in [0.25, 0.3) is 5.71 Å². The van der Waals surface area contributed by atoms with Gasteiger partial charge in [0.15, 0.2) is 0 Å². The molecular formula is C6H7N3O. The summed E-state index contributed by atoms with van der Waals surface area (Å²) in [6.45, 7) is 0. The fourth-order valence-electron chi connectivity index (χ4n) is 0.932. The third-order valence-corrected chi connectivity index (χ3v) is 1.38. The molecule has 0 amide bonds. The van der Waals surface area contributed by atoms with Crippen LogP contribution < -0.4 is 11.5 Å². The molecule has 52 valence electrons. The number of nitrogen functional groups attached to an aromatic ring is 2. The molecule has 0 radical (unpaired) electrons. The molecule has 0 unspecified atom stereocenters. The maximum atomic E-state index is 5.50. The molecule has 2 rings (SSSR count). The Morgan fingerprint density at radius 3 is 2.90 bits per heavy atom. The molecule has 2 aromatic rings. The van der Waals surface area contributed by atoms with Crippen LogP contribution in [0.15, 0.2) is 22.9 Å². The van der Waals surface area contributed by atoms with Crippen LogP contribution in [-0.4, -0.2) is 4.40 Å². The Kier molecular flexibility index (Phi) is 0.768. The Morgan fingerprint density at radius 1 is 1.40 bits per heavy atom. The van der Waals surface area contributed by atoms with Crippen molar-refractivity contribution >= 4 is 17.2 Å². The molecular weight excluding hydrogens is 130 g/mol. The average molecular weight is 137 g/mol. The number of nitrogens with two attached hydrogens (primary N) is 2. The Morgan fingerprint density at radius 2 is 2.20 bits per heavy atom. The van der Waals surface area contributed by atoms with Crippen LogP contribution in [-0.2, 0) is 0 Å². The SMILES string of the molecule is Nc1cc2occ(N)n2c1. The van der Waals surface area contributed by atoms with Crippen molar-refractivity contribution in [3.05, 3.63) is 18.5 Å². The zero-order valence-electron chi connectivity index (χ0n) is 5.24. The van der Waals surface area contributed by atoms with Crippen LogP contribution in [0, 0.1) is 0 Å². The van der Waals surface area contributed by atoms with Gasteiger partial charge in [0.1, 0.15) is 12.1 Å². The Bertz CT molecular complexity index is 360. The van der Waals surface area contributed by atoms with E-state index in [1.54, 1.807) is 16.7 Å². The molecule has 0 aliphatic heterocycles. The Balaban J connectivity index is 2.90. The van der Waals surface area contributed by atoms with Gasteiger partial charge in [0.2, 0.25) is 5.71 Å². The lowest BCUT2D eigenvalue weighted by Crippen LogP contribution is -1.88. The van der Waals surface area contributed by atoms with Gasteiger partial charge in [0.05, 0.1) is 5.69 Å². The third kappa shape index (κ3) is 0.500. The van der Waals surface area contributed by atoms with Gasteiger partial charge < -0.3 is 15.9 Å². The van der Waals surface area contributed by atoms with Crippen LogP contribution >= 0.6 is 0 Å². The highest BCUT2D eigenvalue weighted by Crippen LogP contribution is 2.16. The maximum absolute atomic E-state index is 5.50. The number of anilines is 2.